The first kappa shape index (κ1) is 21.7. The summed E-state index contributed by atoms with van der Waals surface area (Å²) in [6, 6.07) is 13.3. The first-order chi connectivity index (χ1) is 14.0. The molecule has 7 heteroatoms. The summed E-state index contributed by atoms with van der Waals surface area (Å²) < 4.78 is 9.65. The van der Waals surface area contributed by atoms with Crippen molar-refractivity contribution in [1.29, 1.82) is 0 Å². The van der Waals surface area contributed by atoms with Gasteiger partial charge in [0.2, 0.25) is 5.91 Å². The number of hydrogen-bond acceptors (Lipinski definition) is 5. The summed E-state index contributed by atoms with van der Waals surface area (Å²) in [4.78, 5) is 35.2. The fraction of sp³-hybridized carbons (Fsp3) is 0.227. The molecule has 0 bridgehead atoms. The molecule has 2 aromatic carbocycles. The molecular weight excluding hydrogens is 372 g/mol. The second-order valence-electron chi connectivity index (χ2n) is 5.99. The quantitative estimate of drug-likeness (QED) is 0.399. The number of amides is 2. The number of rotatable bonds is 8. The Bertz CT molecular complexity index is 858. The van der Waals surface area contributed by atoms with Crippen molar-refractivity contribution in [3.8, 4) is 5.75 Å². The van der Waals surface area contributed by atoms with Crippen LogP contribution in [-0.2, 0) is 16.1 Å². The van der Waals surface area contributed by atoms with E-state index < -0.39 is 6.16 Å². The number of anilines is 1. The van der Waals surface area contributed by atoms with Crippen molar-refractivity contribution < 1.29 is 23.9 Å². The van der Waals surface area contributed by atoms with Gasteiger partial charge in [-0.1, -0.05) is 25.1 Å². The summed E-state index contributed by atoms with van der Waals surface area (Å²) in [5.74, 6) is -0.141. The summed E-state index contributed by atoms with van der Waals surface area (Å²) in [6.45, 7) is 4.27. The van der Waals surface area contributed by atoms with Gasteiger partial charge in [0.1, 0.15) is 5.75 Å². The Hall–Kier alpha value is -3.61. The van der Waals surface area contributed by atoms with Gasteiger partial charge in [-0.3, -0.25) is 9.59 Å². The molecule has 0 aliphatic rings. The van der Waals surface area contributed by atoms with E-state index in [9.17, 15) is 14.4 Å². The first-order valence-corrected chi connectivity index (χ1v) is 9.31. The molecular formula is C22H24N2O5. The van der Waals surface area contributed by atoms with E-state index in [1.165, 1.54) is 18.2 Å². The Kier molecular flexibility index (Phi) is 8.44. The number of carbonyl (C=O) groups is 3. The van der Waals surface area contributed by atoms with Gasteiger partial charge in [0.25, 0.3) is 5.91 Å². The monoisotopic (exact) mass is 396 g/mol. The van der Waals surface area contributed by atoms with E-state index in [1.807, 2.05) is 19.1 Å². The standard InChI is InChI=1S/C22H24N2O5/c1-3-5-6-20(25)23-15-16-7-11-18(12-8-16)24-21(26)17-9-13-19(14-10-17)29-22(27)28-4-2/h5-14H,3-4,15H2,1-2H3,(H,23,25)(H,24,26)/b6-5+. The second-order valence-corrected chi connectivity index (χ2v) is 5.99. The lowest BCUT2D eigenvalue weighted by Crippen LogP contribution is -2.20. The Morgan fingerprint density at radius 1 is 0.966 bits per heavy atom. The molecule has 0 unspecified atom stereocenters. The normalized spacial score (nSPS) is 10.4. The van der Waals surface area contributed by atoms with Crippen LogP contribution in [0.5, 0.6) is 5.75 Å². The fourth-order valence-electron chi connectivity index (χ4n) is 2.30. The topological polar surface area (TPSA) is 93.7 Å². The molecule has 0 atom stereocenters. The van der Waals surface area contributed by atoms with Gasteiger partial charge in [-0.05, 0) is 61.4 Å². The van der Waals surface area contributed by atoms with Crippen LogP contribution in [0, 0.1) is 0 Å². The van der Waals surface area contributed by atoms with E-state index in [0.717, 1.165) is 12.0 Å². The van der Waals surface area contributed by atoms with Crippen molar-refractivity contribution in [1.82, 2.24) is 5.32 Å². The summed E-state index contributed by atoms with van der Waals surface area (Å²) in [5.41, 5.74) is 1.96. The minimum absolute atomic E-state index is 0.139. The number of carbonyl (C=O) groups excluding carboxylic acids is 3. The van der Waals surface area contributed by atoms with Gasteiger partial charge >= 0.3 is 6.16 Å². The molecule has 0 spiro atoms. The highest BCUT2D eigenvalue weighted by Crippen LogP contribution is 2.15. The molecule has 0 aromatic heterocycles. The van der Waals surface area contributed by atoms with Gasteiger partial charge in [0.05, 0.1) is 6.61 Å². The van der Waals surface area contributed by atoms with E-state index in [0.29, 0.717) is 23.5 Å². The van der Waals surface area contributed by atoms with Crippen LogP contribution in [0.15, 0.2) is 60.7 Å². The van der Waals surface area contributed by atoms with E-state index in [2.05, 4.69) is 10.6 Å². The maximum absolute atomic E-state index is 12.3. The third kappa shape index (κ3) is 7.50. The van der Waals surface area contributed by atoms with Crippen LogP contribution in [-0.4, -0.2) is 24.6 Å². The lowest BCUT2D eigenvalue weighted by Gasteiger charge is -2.08. The highest BCUT2D eigenvalue weighted by Gasteiger charge is 2.09. The highest BCUT2D eigenvalue weighted by molar-refractivity contribution is 6.04. The first-order valence-electron chi connectivity index (χ1n) is 9.31. The molecule has 29 heavy (non-hydrogen) atoms. The zero-order chi connectivity index (χ0) is 21.1. The Morgan fingerprint density at radius 2 is 1.66 bits per heavy atom. The number of hydrogen-bond donors (Lipinski definition) is 2. The van der Waals surface area contributed by atoms with Crippen LogP contribution in [0.4, 0.5) is 10.5 Å². The maximum Gasteiger partial charge on any atom is 0.513 e. The minimum atomic E-state index is -0.789. The van der Waals surface area contributed by atoms with Crippen LogP contribution < -0.4 is 15.4 Å². The largest absolute Gasteiger partial charge is 0.513 e. The van der Waals surface area contributed by atoms with Crippen LogP contribution >= 0.6 is 0 Å². The molecule has 0 aliphatic carbocycles. The van der Waals surface area contributed by atoms with Gasteiger partial charge in [0.15, 0.2) is 0 Å². The lowest BCUT2D eigenvalue weighted by atomic mass is 10.1. The third-order valence-electron chi connectivity index (χ3n) is 3.76. The van der Waals surface area contributed by atoms with Gasteiger partial charge < -0.3 is 20.1 Å². The summed E-state index contributed by atoms with van der Waals surface area (Å²) >= 11 is 0. The molecule has 0 fully saturated rings. The predicted molar refractivity (Wildman–Crippen MR) is 110 cm³/mol. The lowest BCUT2D eigenvalue weighted by molar-refractivity contribution is -0.116. The van der Waals surface area contributed by atoms with Gasteiger partial charge in [-0.25, -0.2) is 4.79 Å². The second kappa shape index (κ2) is 11.3. The Labute approximate surface area is 169 Å². The number of nitrogens with one attached hydrogen (secondary N) is 2. The molecule has 2 aromatic rings. The van der Waals surface area contributed by atoms with Crippen molar-refractivity contribution in [2.24, 2.45) is 0 Å². The molecule has 0 heterocycles. The molecule has 0 saturated heterocycles. The molecule has 2 rings (SSSR count). The van der Waals surface area contributed by atoms with Crippen LogP contribution in [0.1, 0.15) is 36.2 Å². The molecule has 7 nitrogen and oxygen atoms in total. The van der Waals surface area contributed by atoms with Gasteiger partial charge in [-0.2, -0.15) is 0 Å². The van der Waals surface area contributed by atoms with Crippen molar-refractivity contribution in [2.45, 2.75) is 26.8 Å². The van der Waals surface area contributed by atoms with Crippen molar-refractivity contribution in [3.05, 3.63) is 71.8 Å². The van der Waals surface area contributed by atoms with E-state index >= 15 is 0 Å². The summed E-state index contributed by atoms with van der Waals surface area (Å²) in [5, 5.41) is 5.58. The minimum Gasteiger partial charge on any atom is -0.434 e. The van der Waals surface area contributed by atoms with Gasteiger partial charge in [-0.15, -0.1) is 0 Å². The Morgan fingerprint density at radius 3 is 2.28 bits per heavy atom. The number of allylic oxidation sites excluding steroid dienone is 1. The zero-order valence-electron chi connectivity index (χ0n) is 16.4. The van der Waals surface area contributed by atoms with Crippen LogP contribution in [0.2, 0.25) is 0 Å². The average molecular weight is 396 g/mol. The van der Waals surface area contributed by atoms with Crippen LogP contribution in [0.3, 0.4) is 0 Å². The zero-order valence-corrected chi connectivity index (χ0v) is 16.4. The SMILES string of the molecule is CC/C=C/C(=O)NCc1ccc(NC(=O)c2ccc(OC(=O)OCC)cc2)cc1. The third-order valence-corrected chi connectivity index (χ3v) is 3.76. The molecule has 0 radical (unpaired) electrons. The van der Waals surface area contributed by atoms with Crippen molar-refractivity contribution >= 4 is 23.7 Å². The fourth-order valence-corrected chi connectivity index (χ4v) is 2.30. The molecule has 0 saturated carbocycles. The summed E-state index contributed by atoms with van der Waals surface area (Å²) in [7, 11) is 0. The van der Waals surface area contributed by atoms with Crippen molar-refractivity contribution in [2.75, 3.05) is 11.9 Å². The van der Waals surface area contributed by atoms with E-state index in [-0.39, 0.29) is 18.4 Å². The maximum atomic E-state index is 12.3. The van der Waals surface area contributed by atoms with Crippen LogP contribution in [0.25, 0.3) is 0 Å². The highest BCUT2D eigenvalue weighted by atomic mass is 16.7. The number of benzene rings is 2. The Balaban J connectivity index is 1.87. The van der Waals surface area contributed by atoms with Crippen molar-refractivity contribution in [3.63, 3.8) is 0 Å². The molecule has 2 amide bonds. The average Bonchev–Trinajstić information content (AvgIpc) is 2.72. The smallest absolute Gasteiger partial charge is 0.434 e. The molecule has 152 valence electrons. The number of ether oxygens (including phenoxy) is 2. The molecule has 0 aliphatic heterocycles. The molecule has 2 N–H and O–H groups in total. The van der Waals surface area contributed by atoms with E-state index in [1.54, 1.807) is 37.3 Å². The summed E-state index contributed by atoms with van der Waals surface area (Å²) in [6.07, 6.45) is 3.33. The van der Waals surface area contributed by atoms with E-state index in [4.69, 9.17) is 9.47 Å². The van der Waals surface area contributed by atoms with Gasteiger partial charge in [0, 0.05) is 17.8 Å². The predicted octanol–water partition coefficient (Wildman–Crippen LogP) is 4.06.